The molecule has 1 aliphatic rings. The zero-order valence-corrected chi connectivity index (χ0v) is 16.2. The maximum Gasteiger partial charge on any atom is 0.254 e. The van der Waals surface area contributed by atoms with E-state index in [1.165, 1.54) is 5.56 Å². The molecule has 23 heavy (non-hydrogen) atoms. The SMILES string of the molecule is O=C(c1cc(Br)ccc1I)N1CCC(c2ccc(O)cc2)CC1. The summed E-state index contributed by atoms with van der Waals surface area (Å²) in [6, 6.07) is 13.2. The third-order valence-electron chi connectivity index (χ3n) is 4.31. The number of amides is 1. The van der Waals surface area contributed by atoms with Crippen molar-refractivity contribution in [2.45, 2.75) is 18.8 Å². The number of halogens is 2. The predicted octanol–water partition coefficient (Wildman–Crippen LogP) is 4.78. The smallest absolute Gasteiger partial charge is 0.254 e. The van der Waals surface area contributed by atoms with Gasteiger partial charge in [0.25, 0.3) is 5.91 Å². The topological polar surface area (TPSA) is 40.5 Å². The van der Waals surface area contributed by atoms with Crippen LogP contribution in [0.4, 0.5) is 0 Å². The van der Waals surface area contributed by atoms with E-state index in [0.717, 1.165) is 39.5 Å². The van der Waals surface area contributed by atoms with Crippen LogP contribution in [0.3, 0.4) is 0 Å². The number of piperidine rings is 1. The Morgan fingerprint density at radius 2 is 1.78 bits per heavy atom. The Kier molecular flexibility index (Phi) is 5.26. The van der Waals surface area contributed by atoms with Gasteiger partial charge in [-0.3, -0.25) is 4.79 Å². The first-order valence-electron chi connectivity index (χ1n) is 7.58. The van der Waals surface area contributed by atoms with Crippen LogP contribution in [0.15, 0.2) is 46.9 Å². The van der Waals surface area contributed by atoms with Gasteiger partial charge in [0.2, 0.25) is 0 Å². The first-order valence-corrected chi connectivity index (χ1v) is 9.45. The van der Waals surface area contributed by atoms with E-state index in [1.54, 1.807) is 12.1 Å². The van der Waals surface area contributed by atoms with Gasteiger partial charge in [-0.15, -0.1) is 0 Å². The van der Waals surface area contributed by atoms with E-state index in [1.807, 2.05) is 35.2 Å². The van der Waals surface area contributed by atoms with E-state index in [-0.39, 0.29) is 5.91 Å². The fourth-order valence-corrected chi connectivity index (χ4v) is 3.92. The number of phenolic OH excluding ortho intramolecular Hbond substituents is 1. The van der Waals surface area contributed by atoms with Crippen LogP contribution >= 0.6 is 38.5 Å². The zero-order chi connectivity index (χ0) is 16.4. The summed E-state index contributed by atoms with van der Waals surface area (Å²) < 4.78 is 1.91. The highest BCUT2D eigenvalue weighted by atomic mass is 127. The fourth-order valence-electron chi connectivity index (χ4n) is 2.99. The van der Waals surface area contributed by atoms with Gasteiger partial charge in [0, 0.05) is 21.1 Å². The first-order chi connectivity index (χ1) is 11.0. The molecule has 1 N–H and O–H groups in total. The normalized spacial score (nSPS) is 15.7. The monoisotopic (exact) mass is 485 g/mol. The van der Waals surface area contributed by atoms with Crippen LogP contribution < -0.4 is 0 Å². The third-order valence-corrected chi connectivity index (χ3v) is 5.74. The second kappa shape index (κ2) is 7.21. The third kappa shape index (κ3) is 3.88. The Labute approximate surface area is 158 Å². The lowest BCUT2D eigenvalue weighted by Crippen LogP contribution is -2.38. The van der Waals surface area contributed by atoms with Crippen molar-refractivity contribution in [3.8, 4) is 5.75 Å². The maximum absolute atomic E-state index is 12.7. The molecule has 0 bridgehead atoms. The highest BCUT2D eigenvalue weighted by molar-refractivity contribution is 14.1. The van der Waals surface area contributed by atoms with Crippen LogP contribution in [-0.2, 0) is 0 Å². The molecule has 0 unspecified atom stereocenters. The number of carbonyl (C=O) groups is 1. The summed E-state index contributed by atoms with van der Waals surface area (Å²) in [6.07, 6.45) is 1.92. The van der Waals surface area contributed by atoms with E-state index in [0.29, 0.717) is 11.7 Å². The second-order valence-electron chi connectivity index (χ2n) is 5.78. The van der Waals surface area contributed by atoms with Crippen molar-refractivity contribution in [2.24, 2.45) is 0 Å². The van der Waals surface area contributed by atoms with Gasteiger partial charge >= 0.3 is 0 Å². The van der Waals surface area contributed by atoms with Crippen molar-refractivity contribution in [2.75, 3.05) is 13.1 Å². The van der Waals surface area contributed by atoms with Gasteiger partial charge in [0.1, 0.15) is 5.75 Å². The Morgan fingerprint density at radius 3 is 2.43 bits per heavy atom. The van der Waals surface area contributed by atoms with Crippen molar-refractivity contribution in [1.82, 2.24) is 4.90 Å². The fraction of sp³-hybridized carbons (Fsp3) is 0.278. The molecule has 0 spiro atoms. The van der Waals surface area contributed by atoms with Crippen molar-refractivity contribution >= 4 is 44.4 Å². The molecule has 2 aromatic rings. The molecular formula is C18H17BrINO2. The molecule has 3 rings (SSSR count). The molecule has 1 aliphatic heterocycles. The largest absolute Gasteiger partial charge is 0.508 e. The molecule has 0 saturated carbocycles. The van der Waals surface area contributed by atoms with Crippen LogP contribution in [-0.4, -0.2) is 29.0 Å². The summed E-state index contributed by atoms with van der Waals surface area (Å²) in [5.41, 5.74) is 2.01. The second-order valence-corrected chi connectivity index (χ2v) is 7.86. The van der Waals surface area contributed by atoms with Gasteiger partial charge in [-0.05, 0) is 77.2 Å². The van der Waals surface area contributed by atoms with Gasteiger partial charge in [-0.25, -0.2) is 0 Å². The highest BCUT2D eigenvalue weighted by Crippen LogP contribution is 2.30. The molecule has 5 heteroatoms. The van der Waals surface area contributed by atoms with Crippen molar-refractivity contribution in [3.05, 3.63) is 61.6 Å². The van der Waals surface area contributed by atoms with Gasteiger partial charge < -0.3 is 10.0 Å². The lowest BCUT2D eigenvalue weighted by atomic mass is 9.89. The van der Waals surface area contributed by atoms with E-state index < -0.39 is 0 Å². The highest BCUT2D eigenvalue weighted by Gasteiger charge is 2.25. The number of phenols is 1. The maximum atomic E-state index is 12.7. The van der Waals surface area contributed by atoms with E-state index >= 15 is 0 Å². The first kappa shape index (κ1) is 16.8. The lowest BCUT2D eigenvalue weighted by Gasteiger charge is -2.32. The Bertz CT molecular complexity index is 709. The number of hydrogen-bond acceptors (Lipinski definition) is 2. The molecular weight excluding hydrogens is 469 g/mol. The summed E-state index contributed by atoms with van der Waals surface area (Å²) in [4.78, 5) is 14.7. The minimum absolute atomic E-state index is 0.111. The summed E-state index contributed by atoms with van der Waals surface area (Å²) in [6.45, 7) is 1.54. The quantitative estimate of drug-likeness (QED) is 0.622. The van der Waals surface area contributed by atoms with E-state index in [2.05, 4.69) is 38.5 Å². The average molecular weight is 486 g/mol. The van der Waals surface area contributed by atoms with Gasteiger partial charge in [-0.2, -0.15) is 0 Å². The van der Waals surface area contributed by atoms with Crippen LogP contribution in [0.25, 0.3) is 0 Å². The molecule has 1 saturated heterocycles. The van der Waals surface area contributed by atoms with Crippen molar-refractivity contribution in [1.29, 1.82) is 0 Å². The van der Waals surface area contributed by atoms with Gasteiger partial charge in [0.15, 0.2) is 0 Å². The number of likely N-dealkylation sites (tertiary alicyclic amines) is 1. The molecule has 1 fully saturated rings. The Hall–Kier alpha value is -1.08. The molecule has 1 amide bonds. The minimum Gasteiger partial charge on any atom is -0.508 e. The number of aromatic hydroxyl groups is 1. The van der Waals surface area contributed by atoms with Crippen LogP contribution in [0, 0.1) is 3.57 Å². The summed E-state index contributed by atoms with van der Waals surface area (Å²) in [5, 5.41) is 9.39. The van der Waals surface area contributed by atoms with Crippen LogP contribution in [0.2, 0.25) is 0 Å². The van der Waals surface area contributed by atoms with Crippen molar-refractivity contribution in [3.63, 3.8) is 0 Å². The molecule has 0 aromatic heterocycles. The van der Waals surface area contributed by atoms with Crippen molar-refractivity contribution < 1.29 is 9.90 Å². The number of rotatable bonds is 2. The Balaban J connectivity index is 1.67. The zero-order valence-electron chi connectivity index (χ0n) is 12.5. The van der Waals surface area contributed by atoms with E-state index in [4.69, 9.17) is 0 Å². The lowest BCUT2D eigenvalue weighted by molar-refractivity contribution is 0.0712. The molecule has 0 radical (unpaired) electrons. The van der Waals surface area contributed by atoms with Gasteiger partial charge in [0.05, 0.1) is 5.56 Å². The number of benzene rings is 2. The molecule has 120 valence electrons. The average Bonchev–Trinajstić information content (AvgIpc) is 2.57. The molecule has 2 aromatic carbocycles. The number of hydrogen-bond donors (Lipinski definition) is 1. The predicted molar refractivity (Wildman–Crippen MR) is 103 cm³/mol. The molecule has 1 heterocycles. The summed E-state index contributed by atoms with van der Waals surface area (Å²) in [7, 11) is 0. The number of carbonyl (C=O) groups excluding carboxylic acids is 1. The number of nitrogens with zero attached hydrogens (tertiary/aromatic N) is 1. The summed E-state index contributed by atoms with van der Waals surface area (Å²) in [5.74, 6) is 0.867. The summed E-state index contributed by atoms with van der Waals surface area (Å²) >= 11 is 5.65. The van der Waals surface area contributed by atoms with Crippen LogP contribution in [0.1, 0.15) is 34.7 Å². The molecule has 0 atom stereocenters. The molecule has 0 aliphatic carbocycles. The minimum atomic E-state index is 0.111. The van der Waals surface area contributed by atoms with Crippen LogP contribution in [0.5, 0.6) is 5.75 Å². The standard InChI is InChI=1S/C18H17BrINO2/c19-14-3-6-17(20)16(11-14)18(23)21-9-7-13(8-10-21)12-1-4-15(22)5-2-12/h1-6,11,13,22H,7-10H2. The Morgan fingerprint density at radius 1 is 1.13 bits per heavy atom. The molecule has 3 nitrogen and oxygen atoms in total. The van der Waals surface area contributed by atoms with E-state index in [9.17, 15) is 9.90 Å². The van der Waals surface area contributed by atoms with Gasteiger partial charge in [-0.1, -0.05) is 28.1 Å².